The van der Waals surface area contributed by atoms with Gasteiger partial charge in [0, 0.05) is 10.8 Å². The van der Waals surface area contributed by atoms with Crippen molar-refractivity contribution in [3.63, 3.8) is 0 Å². The number of nitrogens with zero attached hydrogens (tertiary/aromatic N) is 1. The van der Waals surface area contributed by atoms with E-state index < -0.39 is 12.0 Å². The first-order valence-corrected chi connectivity index (χ1v) is 11.0. The third-order valence-corrected chi connectivity index (χ3v) is 5.92. The molecule has 0 aliphatic carbocycles. The van der Waals surface area contributed by atoms with Gasteiger partial charge in [-0.25, -0.2) is 0 Å². The maximum Gasteiger partial charge on any atom is 0.307 e. The number of amides is 1. The molecule has 1 aromatic heterocycles. The van der Waals surface area contributed by atoms with E-state index in [2.05, 4.69) is 5.32 Å². The summed E-state index contributed by atoms with van der Waals surface area (Å²) in [5.74, 6) is 0.217. The molecule has 0 bridgehead atoms. The summed E-state index contributed by atoms with van der Waals surface area (Å²) in [5, 5.41) is 4.01. The Morgan fingerprint density at radius 2 is 1.46 bits per heavy atom. The number of methoxy groups -OCH3 is 3. The molecule has 1 atom stereocenters. The average molecular weight is 475 g/mol. The number of fused-ring (bicyclic) bond motifs is 2. The lowest BCUT2D eigenvalue weighted by Crippen LogP contribution is -2.33. The van der Waals surface area contributed by atoms with Crippen LogP contribution in [0.5, 0.6) is 11.5 Å². The molecule has 1 amide bonds. The molecule has 0 saturated carbocycles. The van der Waals surface area contributed by atoms with Crippen molar-refractivity contribution < 1.29 is 23.8 Å². The lowest BCUT2D eigenvalue weighted by molar-refractivity contribution is -0.141. The molecule has 1 heterocycles. The van der Waals surface area contributed by atoms with Gasteiger partial charge in [0.05, 0.1) is 44.8 Å². The van der Waals surface area contributed by atoms with Crippen LogP contribution in [0.1, 0.15) is 18.0 Å². The molecule has 4 rings (SSSR count). The Hall–Kier alpha value is -4.33. The number of carbonyl (C=O) groups is 2. The van der Waals surface area contributed by atoms with Crippen molar-refractivity contribution in [1.29, 1.82) is 0 Å². The summed E-state index contributed by atoms with van der Waals surface area (Å²) in [6, 6.07) is 18.9. The van der Waals surface area contributed by atoms with Gasteiger partial charge in [-0.05, 0) is 42.0 Å². The molecule has 35 heavy (non-hydrogen) atoms. The van der Waals surface area contributed by atoms with Crippen molar-refractivity contribution in [2.75, 3.05) is 21.3 Å². The molecule has 0 saturated heterocycles. The van der Waals surface area contributed by atoms with Crippen LogP contribution in [0, 0.1) is 0 Å². The van der Waals surface area contributed by atoms with Gasteiger partial charge in [0.1, 0.15) is 6.54 Å². The molecule has 1 unspecified atom stereocenters. The van der Waals surface area contributed by atoms with E-state index in [1.165, 1.54) is 21.3 Å². The molecular formula is C27H26N2O6. The van der Waals surface area contributed by atoms with Crippen LogP contribution in [-0.4, -0.2) is 37.8 Å². The minimum Gasteiger partial charge on any atom is -0.493 e. The van der Waals surface area contributed by atoms with Gasteiger partial charge in [0.2, 0.25) is 5.91 Å². The highest BCUT2D eigenvalue weighted by atomic mass is 16.5. The lowest BCUT2D eigenvalue weighted by atomic mass is 10.0. The van der Waals surface area contributed by atoms with Crippen LogP contribution in [0.4, 0.5) is 0 Å². The number of aromatic nitrogens is 1. The van der Waals surface area contributed by atoms with Gasteiger partial charge in [-0.2, -0.15) is 0 Å². The highest BCUT2D eigenvalue weighted by Crippen LogP contribution is 2.31. The van der Waals surface area contributed by atoms with E-state index >= 15 is 0 Å². The summed E-state index contributed by atoms with van der Waals surface area (Å²) in [4.78, 5) is 38.4. The van der Waals surface area contributed by atoms with Crippen molar-refractivity contribution in [3.05, 3.63) is 82.5 Å². The number of esters is 1. The van der Waals surface area contributed by atoms with E-state index in [1.807, 2.05) is 28.8 Å². The Morgan fingerprint density at radius 1 is 0.857 bits per heavy atom. The highest BCUT2D eigenvalue weighted by molar-refractivity contribution is 5.95. The summed E-state index contributed by atoms with van der Waals surface area (Å²) in [7, 11) is 4.35. The minimum absolute atomic E-state index is 0.0493. The number of ether oxygens (including phenoxy) is 3. The van der Waals surface area contributed by atoms with E-state index in [4.69, 9.17) is 14.2 Å². The summed E-state index contributed by atoms with van der Waals surface area (Å²) in [6.07, 6.45) is -0.0661. The van der Waals surface area contributed by atoms with E-state index in [1.54, 1.807) is 42.5 Å². The molecule has 4 aromatic rings. The van der Waals surface area contributed by atoms with Gasteiger partial charge < -0.3 is 24.1 Å². The van der Waals surface area contributed by atoms with Gasteiger partial charge in [-0.15, -0.1) is 0 Å². The third-order valence-electron chi connectivity index (χ3n) is 5.92. The molecule has 0 aliphatic rings. The maximum absolute atomic E-state index is 13.3. The van der Waals surface area contributed by atoms with Gasteiger partial charge in [-0.3, -0.25) is 14.4 Å². The molecule has 1 N–H and O–H groups in total. The number of carbonyl (C=O) groups excluding carboxylic acids is 2. The number of hydrogen-bond acceptors (Lipinski definition) is 6. The first-order valence-electron chi connectivity index (χ1n) is 11.0. The van der Waals surface area contributed by atoms with Crippen LogP contribution in [0.15, 0.2) is 71.5 Å². The zero-order valence-electron chi connectivity index (χ0n) is 19.7. The predicted molar refractivity (Wildman–Crippen MR) is 133 cm³/mol. The average Bonchev–Trinajstić information content (AvgIpc) is 2.90. The predicted octanol–water partition coefficient (Wildman–Crippen LogP) is 3.59. The molecule has 0 radical (unpaired) electrons. The summed E-state index contributed by atoms with van der Waals surface area (Å²) < 4.78 is 17.3. The van der Waals surface area contributed by atoms with Gasteiger partial charge in [0.15, 0.2) is 16.9 Å². The first-order chi connectivity index (χ1) is 17.0. The smallest absolute Gasteiger partial charge is 0.307 e. The van der Waals surface area contributed by atoms with Crippen molar-refractivity contribution in [1.82, 2.24) is 9.88 Å². The minimum atomic E-state index is -0.660. The van der Waals surface area contributed by atoms with E-state index in [-0.39, 0.29) is 24.3 Å². The van der Waals surface area contributed by atoms with E-state index in [0.29, 0.717) is 38.9 Å². The Labute approximate surface area is 202 Å². The number of pyridine rings is 1. The van der Waals surface area contributed by atoms with Crippen LogP contribution < -0.4 is 20.2 Å². The summed E-state index contributed by atoms with van der Waals surface area (Å²) in [5.41, 5.74) is 1.89. The largest absolute Gasteiger partial charge is 0.493 e. The zero-order valence-corrected chi connectivity index (χ0v) is 19.7. The molecule has 180 valence electrons. The van der Waals surface area contributed by atoms with Crippen molar-refractivity contribution in [3.8, 4) is 11.5 Å². The molecule has 3 aromatic carbocycles. The number of para-hydroxylation sites is 2. The summed E-state index contributed by atoms with van der Waals surface area (Å²) >= 11 is 0. The fourth-order valence-electron chi connectivity index (χ4n) is 4.20. The Kier molecular flexibility index (Phi) is 7.01. The van der Waals surface area contributed by atoms with E-state index in [9.17, 15) is 14.4 Å². The molecular weight excluding hydrogens is 448 g/mol. The number of hydrogen-bond donors (Lipinski definition) is 1. The quantitative estimate of drug-likeness (QED) is 0.310. The van der Waals surface area contributed by atoms with Crippen LogP contribution in [0.2, 0.25) is 0 Å². The number of rotatable bonds is 8. The van der Waals surface area contributed by atoms with Crippen LogP contribution >= 0.6 is 0 Å². The van der Waals surface area contributed by atoms with Crippen molar-refractivity contribution >= 4 is 33.7 Å². The first kappa shape index (κ1) is 23.8. The van der Waals surface area contributed by atoms with Crippen LogP contribution in [0.25, 0.3) is 21.8 Å². The number of nitrogens with one attached hydrogen (secondary N) is 1. The molecule has 8 nitrogen and oxygen atoms in total. The van der Waals surface area contributed by atoms with Crippen molar-refractivity contribution in [2.24, 2.45) is 0 Å². The Bertz CT molecular complexity index is 1400. The normalized spacial score (nSPS) is 11.7. The number of benzene rings is 3. The fourth-order valence-corrected chi connectivity index (χ4v) is 4.20. The van der Waals surface area contributed by atoms with Gasteiger partial charge >= 0.3 is 5.97 Å². The maximum atomic E-state index is 13.3. The highest BCUT2D eigenvalue weighted by Gasteiger charge is 2.22. The topological polar surface area (TPSA) is 95.9 Å². The Morgan fingerprint density at radius 3 is 2.03 bits per heavy atom. The van der Waals surface area contributed by atoms with Crippen LogP contribution in [0.3, 0.4) is 0 Å². The lowest BCUT2D eigenvalue weighted by Gasteiger charge is -2.21. The monoisotopic (exact) mass is 474 g/mol. The molecule has 0 fully saturated rings. The SMILES string of the molecule is COC(=O)CC(NC(=O)Cn1c2ccccc2c(=O)c2ccccc21)c1ccc(OC)c(OC)c1. The second-order valence-electron chi connectivity index (χ2n) is 7.96. The summed E-state index contributed by atoms with van der Waals surface area (Å²) in [6.45, 7) is -0.0493. The third kappa shape index (κ3) is 4.82. The van der Waals surface area contributed by atoms with Crippen LogP contribution in [-0.2, 0) is 20.9 Å². The standard InChI is InChI=1S/C27H26N2O6/c1-33-23-13-12-17(14-24(23)34-2)20(15-26(31)35-3)28-25(30)16-29-21-10-6-4-8-18(21)27(32)19-9-5-7-11-22(19)29/h4-14,20H,15-16H2,1-3H3,(H,28,30). The van der Waals surface area contributed by atoms with Crippen molar-refractivity contribution in [2.45, 2.75) is 19.0 Å². The zero-order chi connectivity index (χ0) is 24.9. The second-order valence-corrected chi connectivity index (χ2v) is 7.96. The molecule has 8 heteroatoms. The Balaban J connectivity index is 1.71. The van der Waals surface area contributed by atoms with Gasteiger partial charge in [0.25, 0.3) is 0 Å². The fraction of sp³-hybridized carbons (Fsp3) is 0.222. The van der Waals surface area contributed by atoms with E-state index in [0.717, 1.165) is 0 Å². The van der Waals surface area contributed by atoms with Gasteiger partial charge in [-0.1, -0.05) is 30.3 Å². The molecule has 0 aliphatic heterocycles. The second kappa shape index (κ2) is 10.3. The molecule has 0 spiro atoms.